The highest BCUT2D eigenvalue weighted by atomic mass is 16.5. The summed E-state index contributed by atoms with van der Waals surface area (Å²) in [5.41, 5.74) is -0.0494. The Morgan fingerprint density at radius 1 is 0.588 bits per heavy atom. The Bertz CT molecular complexity index is 640. The smallest absolute Gasteiger partial charge is 0.338 e. The molecule has 0 bridgehead atoms. The molecule has 0 atom stereocenters. The van der Waals surface area contributed by atoms with Crippen molar-refractivity contribution in [2.24, 2.45) is 0 Å². The maximum atomic E-state index is 12.1. The standard InChI is InChI=1S/C30H50O4/c1-2-3-4-5-6-7-8-9-10-11-12-13-14-15-16-17-18-19-20-23-26-34-30(33)28-25-22-21-24-27(28)29(31)32/h21-22,24-25H,2-20,23,26H2,1H3,(H,31,32)/p-1. The number of unbranched alkanes of at least 4 members (excludes halogenated alkanes) is 19. The van der Waals surface area contributed by atoms with Crippen molar-refractivity contribution in [3.05, 3.63) is 35.4 Å². The fourth-order valence-corrected chi connectivity index (χ4v) is 4.44. The summed E-state index contributed by atoms with van der Waals surface area (Å²) in [7, 11) is 0. The average molecular weight is 474 g/mol. The molecule has 4 heteroatoms. The van der Waals surface area contributed by atoms with Crippen LogP contribution < -0.4 is 5.11 Å². The second kappa shape index (κ2) is 21.7. The summed E-state index contributed by atoms with van der Waals surface area (Å²) >= 11 is 0. The maximum absolute atomic E-state index is 12.1. The van der Waals surface area contributed by atoms with Crippen molar-refractivity contribution in [2.45, 2.75) is 135 Å². The number of esters is 1. The molecule has 0 aliphatic carbocycles. The quantitative estimate of drug-likeness (QED) is 0.119. The van der Waals surface area contributed by atoms with Gasteiger partial charge in [0.05, 0.1) is 18.1 Å². The number of ether oxygens (including phenoxy) is 1. The number of carboxylic acids is 1. The Morgan fingerprint density at radius 3 is 1.32 bits per heavy atom. The van der Waals surface area contributed by atoms with Gasteiger partial charge in [0.1, 0.15) is 0 Å². The highest BCUT2D eigenvalue weighted by Crippen LogP contribution is 2.15. The van der Waals surface area contributed by atoms with Crippen LogP contribution in [0.25, 0.3) is 0 Å². The third-order valence-corrected chi connectivity index (χ3v) is 6.60. The predicted molar refractivity (Wildman–Crippen MR) is 139 cm³/mol. The van der Waals surface area contributed by atoms with Gasteiger partial charge in [0.25, 0.3) is 0 Å². The summed E-state index contributed by atoms with van der Waals surface area (Å²) in [6.45, 7) is 2.61. The third kappa shape index (κ3) is 15.9. The van der Waals surface area contributed by atoms with Crippen molar-refractivity contribution in [1.29, 1.82) is 0 Å². The van der Waals surface area contributed by atoms with E-state index in [2.05, 4.69) is 6.92 Å². The predicted octanol–water partition coefficient (Wildman–Crippen LogP) is 8.03. The van der Waals surface area contributed by atoms with E-state index < -0.39 is 11.9 Å². The number of carbonyl (C=O) groups excluding carboxylic acids is 2. The summed E-state index contributed by atoms with van der Waals surface area (Å²) in [6.07, 6.45) is 26.6. The third-order valence-electron chi connectivity index (χ3n) is 6.60. The van der Waals surface area contributed by atoms with Crippen LogP contribution in [0.1, 0.15) is 156 Å². The van der Waals surface area contributed by atoms with Crippen LogP contribution in [0.5, 0.6) is 0 Å². The van der Waals surface area contributed by atoms with Gasteiger partial charge in [-0.3, -0.25) is 0 Å². The molecule has 1 aromatic rings. The molecule has 0 aliphatic heterocycles. The number of hydrogen-bond donors (Lipinski definition) is 0. The molecule has 0 fully saturated rings. The number of carboxylic acid groups (broad SMARTS) is 1. The first-order valence-electron chi connectivity index (χ1n) is 14.1. The topological polar surface area (TPSA) is 66.4 Å². The zero-order valence-electron chi connectivity index (χ0n) is 21.8. The fourth-order valence-electron chi connectivity index (χ4n) is 4.44. The lowest BCUT2D eigenvalue weighted by Gasteiger charge is -2.10. The molecule has 0 saturated carbocycles. The highest BCUT2D eigenvalue weighted by Gasteiger charge is 2.12. The summed E-state index contributed by atoms with van der Waals surface area (Å²) in [5.74, 6) is -1.94. The molecule has 194 valence electrons. The minimum absolute atomic E-state index is 0.0654. The molecular formula is C30H49O4-. The van der Waals surface area contributed by atoms with E-state index in [0.717, 1.165) is 19.3 Å². The van der Waals surface area contributed by atoms with E-state index in [4.69, 9.17) is 4.74 Å². The van der Waals surface area contributed by atoms with Gasteiger partial charge in [-0.15, -0.1) is 0 Å². The van der Waals surface area contributed by atoms with Crippen LogP contribution in [-0.2, 0) is 4.74 Å². The van der Waals surface area contributed by atoms with Gasteiger partial charge in [-0.1, -0.05) is 147 Å². The Kier molecular flexibility index (Phi) is 19.2. The van der Waals surface area contributed by atoms with Crippen LogP contribution in [0, 0.1) is 0 Å². The van der Waals surface area contributed by atoms with Crippen molar-refractivity contribution < 1.29 is 19.4 Å². The average Bonchev–Trinajstić information content (AvgIpc) is 2.84. The van der Waals surface area contributed by atoms with Gasteiger partial charge in [-0.05, 0) is 12.5 Å². The minimum Gasteiger partial charge on any atom is -0.545 e. The largest absolute Gasteiger partial charge is 0.545 e. The molecule has 4 nitrogen and oxygen atoms in total. The number of hydrogen-bond acceptors (Lipinski definition) is 4. The molecule has 0 amide bonds. The molecule has 0 spiro atoms. The molecule has 34 heavy (non-hydrogen) atoms. The van der Waals surface area contributed by atoms with E-state index in [-0.39, 0.29) is 11.1 Å². The molecule has 0 saturated heterocycles. The van der Waals surface area contributed by atoms with Crippen LogP contribution >= 0.6 is 0 Å². The number of benzene rings is 1. The molecule has 1 rings (SSSR count). The van der Waals surface area contributed by atoms with Crippen molar-refractivity contribution in [2.75, 3.05) is 6.61 Å². The van der Waals surface area contributed by atoms with Crippen LogP contribution in [0.3, 0.4) is 0 Å². The van der Waals surface area contributed by atoms with Crippen molar-refractivity contribution >= 4 is 11.9 Å². The van der Waals surface area contributed by atoms with Crippen molar-refractivity contribution in [3.63, 3.8) is 0 Å². The molecule has 0 aromatic heterocycles. The van der Waals surface area contributed by atoms with Gasteiger partial charge in [-0.2, -0.15) is 0 Å². The van der Waals surface area contributed by atoms with E-state index in [9.17, 15) is 14.7 Å². The fraction of sp³-hybridized carbons (Fsp3) is 0.733. The van der Waals surface area contributed by atoms with Gasteiger partial charge in [-0.25, -0.2) is 4.79 Å². The SMILES string of the molecule is CCCCCCCCCCCCCCCCCCCCCCOC(=O)c1ccccc1C(=O)[O-]. The summed E-state index contributed by atoms with van der Waals surface area (Å²) < 4.78 is 5.23. The zero-order valence-corrected chi connectivity index (χ0v) is 21.8. The van der Waals surface area contributed by atoms with Gasteiger partial charge >= 0.3 is 5.97 Å². The molecule has 0 unspecified atom stereocenters. The summed E-state index contributed by atoms with van der Waals surface area (Å²) in [6, 6.07) is 6.02. The Balaban J connectivity index is 1.82. The summed E-state index contributed by atoms with van der Waals surface area (Å²) in [5, 5.41) is 11.1. The highest BCUT2D eigenvalue weighted by molar-refractivity contribution is 6.01. The van der Waals surface area contributed by atoms with Crippen LogP contribution in [0.4, 0.5) is 0 Å². The van der Waals surface area contributed by atoms with E-state index in [1.54, 1.807) is 12.1 Å². The van der Waals surface area contributed by atoms with E-state index in [1.165, 1.54) is 121 Å². The lowest BCUT2D eigenvalue weighted by Crippen LogP contribution is -2.25. The monoisotopic (exact) mass is 473 g/mol. The number of aromatic carboxylic acids is 1. The molecular weight excluding hydrogens is 424 g/mol. The lowest BCUT2D eigenvalue weighted by atomic mass is 10.0. The minimum atomic E-state index is -1.36. The second-order valence-corrected chi connectivity index (χ2v) is 9.69. The van der Waals surface area contributed by atoms with E-state index >= 15 is 0 Å². The second-order valence-electron chi connectivity index (χ2n) is 9.69. The first kappa shape index (κ1) is 30.2. The van der Waals surface area contributed by atoms with Crippen LogP contribution in [0.2, 0.25) is 0 Å². The Hall–Kier alpha value is -1.84. The molecule has 0 N–H and O–H groups in total. The lowest BCUT2D eigenvalue weighted by molar-refractivity contribution is -0.255. The number of carbonyl (C=O) groups is 2. The number of rotatable bonds is 23. The summed E-state index contributed by atoms with van der Waals surface area (Å²) in [4.78, 5) is 23.1. The molecule has 0 heterocycles. The Labute approximate surface area is 208 Å². The van der Waals surface area contributed by atoms with Crippen molar-refractivity contribution in [3.8, 4) is 0 Å². The Morgan fingerprint density at radius 2 is 0.941 bits per heavy atom. The van der Waals surface area contributed by atoms with Gasteiger partial charge < -0.3 is 14.6 Å². The maximum Gasteiger partial charge on any atom is 0.338 e. The van der Waals surface area contributed by atoms with Gasteiger partial charge in [0.2, 0.25) is 0 Å². The zero-order chi connectivity index (χ0) is 24.7. The first-order valence-corrected chi connectivity index (χ1v) is 14.1. The molecule has 0 aliphatic rings. The first-order chi connectivity index (χ1) is 16.7. The van der Waals surface area contributed by atoms with Crippen LogP contribution in [-0.4, -0.2) is 18.5 Å². The van der Waals surface area contributed by atoms with E-state index in [0.29, 0.717) is 6.61 Å². The van der Waals surface area contributed by atoms with E-state index in [1.807, 2.05) is 0 Å². The van der Waals surface area contributed by atoms with Crippen molar-refractivity contribution in [1.82, 2.24) is 0 Å². The van der Waals surface area contributed by atoms with Gasteiger partial charge in [0, 0.05) is 5.56 Å². The van der Waals surface area contributed by atoms with Crippen LogP contribution in [0.15, 0.2) is 24.3 Å². The molecule has 0 radical (unpaired) electrons. The normalized spacial score (nSPS) is 11.0. The molecule has 1 aromatic carbocycles. The van der Waals surface area contributed by atoms with Gasteiger partial charge in [0.15, 0.2) is 0 Å².